The molecular formula is C12H12F2N4O. The molecule has 0 aliphatic carbocycles. The van der Waals surface area contributed by atoms with Crippen LogP contribution in [0.3, 0.4) is 0 Å². The third-order valence-electron chi connectivity index (χ3n) is 3.43. The lowest BCUT2D eigenvalue weighted by Gasteiger charge is -2.17. The predicted molar refractivity (Wildman–Crippen MR) is 62.6 cm³/mol. The second-order valence-corrected chi connectivity index (χ2v) is 4.48. The largest absolute Gasteiger partial charge is 0.497 e. The van der Waals surface area contributed by atoms with Crippen LogP contribution in [0.4, 0.5) is 8.78 Å². The number of hydrogen-bond donors (Lipinski definition) is 1. The molecular weight excluding hydrogens is 254 g/mol. The van der Waals surface area contributed by atoms with Crippen LogP contribution in [0, 0.1) is 11.6 Å². The molecule has 2 atom stereocenters. The topological polar surface area (TPSA) is 66.0 Å². The van der Waals surface area contributed by atoms with Gasteiger partial charge in [-0.05, 0) is 0 Å². The fraction of sp³-hybridized carbons (Fsp3) is 0.333. The molecule has 0 saturated heterocycles. The highest BCUT2D eigenvalue weighted by Gasteiger charge is 2.36. The van der Waals surface area contributed by atoms with Gasteiger partial charge in [-0.3, -0.25) is 0 Å². The Morgan fingerprint density at radius 2 is 2.05 bits per heavy atom. The Balaban J connectivity index is 2.03. The lowest BCUT2D eigenvalue weighted by atomic mass is 9.93. The van der Waals surface area contributed by atoms with E-state index in [-0.39, 0.29) is 11.3 Å². The van der Waals surface area contributed by atoms with Crippen LogP contribution in [0.5, 0.6) is 5.75 Å². The van der Waals surface area contributed by atoms with Crippen molar-refractivity contribution in [2.45, 2.75) is 18.5 Å². The fourth-order valence-electron chi connectivity index (χ4n) is 2.47. The SMILES string of the molecule is COc1cc(F)c([C@@H]2Cn3cnnc3[C@H]2N)c(F)c1. The number of nitrogens with two attached hydrogens (primary N) is 1. The van der Waals surface area contributed by atoms with Crippen LogP contribution >= 0.6 is 0 Å². The Hall–Kier alpha value is -2.02. The summed E-state index contributed by atoms with van der Waals surface area (Å²) in [5.41, 5.74) is 5.96. The highest BCUT2D eigenvalue weighted by atomic mass is 19.1. The Labute approximate surface area is 108 Å². The molecule has 2 aromatic rings. The molecule has 3 rings (SSSR count). The smallest absolute Gasteiger partial charge is 0.150 e. The predicted octanol–water partition coefficient (Wildman–Crippen LogP) is 1.36. The maximum Gasteiger partial charge on any atom is 0.150 e. The Morgan fingerprint density at radius 1 is 1.37 bits per heavy atom. The molecule has 0 saturated carbocycles. The van der Waals surface area contributed by atoms with Crippen molar-refractivity contribution in [2.24, 2.45) is 5.73 Å². The van der Waals surface area contributed by atoms with Crippen LogP contribution in [0.1, 0.15) is 23.3 Å². The summed E-state index contributed by atoms with van der Waals surface area (Å²) < 4.78 is 34.6. The highest BCUT2D eigenvalue weighted by molar-refractivity contribution is 5.35. The first-order chi connectivity index (χ1) is 9.11. The molecule has 0 radical (unpaired) electrons. The van der Waals surface area contributed by atoms with Gasteiger partial charge < -0.3 is 15.0 Å². The molecule has 2 heterocycles. The van der Waals surface area contributed by atoms with Gasteiger partial charge in [0, 0.05) is 30.2 Å². The van der Waals surface area contributed by atoms with Gasteiger partial charge in [0.05, 0.1) is 13.2 Å². The van der Waals surface area contributed by atoms with Crippen molar-refractivity contribution in [3.63, 3.8) is 0 Å². The fourth-order valence-corrected chi connectivity index (χ4v) is 2.47. The molecule has 0 bridgehead atoms. The zero-order valence-electron chi connectivity index (χ0n) is 10.2. The molecule has 0 spiro atoms. The van der Waals surface area contributed by atoms with E-state index < -0.39 is 23.6 Å². The van der Waals surface area contributed by atoms with Crippen LogP contribution in [-0.2, 0) is 6.54 Å². The van der Waals surface area contributed by atoms with E-state index in [1.54, 1.807) is 4.57 Å². The van der Waals surface area contributed by atoms with Crippen molar-refractivity contribution >= 4 is 0 Å². The van der Waals surface area contributed by atoms with E-state index in [2.05, 4.69) is 10.2 Å². The first-order valence-electron chi connectivity index (χ1n) is 5.78. The van der Waals surface area contributed by atoms with Crippen molar-refractivity contribution in [3.8, 4) is 5.75 Å². The van der Waals surface area contributed by atoms with Gasteiger partial charge in [0.1, 0.15) is 29.5 Å². The van der Waals surface area contributed by atoms with Gasteiger partial charge >= 0.3 is 0 Å². The number of fused-ring (bicyclic) bond motifs is 1. The highest BCUT2D eigenvalue weighted by Crippen LogP contribution is 2.39. The summed E-state index contributed by atoms with van der Waals surface area (Å²) in [5.74, 6) is -1.12. The Kier molecular flexibility index (Phi) is 2.70. The van der Waals surface area contributed by atoms with Gasteiger partial charge in [0.15, 0.2) is 0 Å². The van der Waals surface area contributed by atoms with E-state index in [0.29, 0.717) is 12.4 Å². The molecule has 0 fully saturated rings. The van der Waals surface area contributed by atoms with Crippen molar-refractivity contribution in [3.05, 3.63) is 41.5 Å². The minimum Gasteiger partial charge on any atom is -0.497 e. The average molecular weight is 266 g/mol. The number of aromatic nitrogens is 3. The standard InChI is InChI=1S/C12H12F2N4O/c1-19-6-2-8(13)10(9(14)3-6)7-4-18-5-16-17-12(18)11(7)15/h2-3,5,7,11H,4,15H2,1H3/t7-,11-/m0/s1. The maximum atomic E-state index is 14.0. The number of benzene rings is 1. The van der Waals surface area contributed by atoms with Gasteiger partial charge in [0.25, 0.3) is 0 Å². The second kappa shape index (κ2) is 4.27. The average Bonchev–Trinajstić information content (AvgIpc) is 2.93. The molecule has 7 heteroatoms. The summed E-state index contributed by atoms with van der Waals surface area (Å²) in [4.78, 5) is 0. The summed E-state index contributed by atoms with van der Waals surface area (Å²) in [7, 11) is 1.36. The summed E-state index contributed by atoms with van der Waals surface area (Å²) >= 11 is 0. The zero-order chi connectivity index (χ0) is 13.6. The van der Waals surface area contributed by atoms with Crippen molar-refractivity contribution in [1.29, 1.82) is 0 Å². The number of methoxy groups -OCH3 is 1. The van der Waals surface area contributed by atoms with E-state index in [4.69, 9.17) is 10.5 Å². The van der Waals surface area contributed by atoms with E-state index in [1.165, 1.54) is 13.4 Å². The van der Waals surface area contributed by atoms with Gasteiger partial charge in [0.2, 0.25) is 0 Å². The third kappa shape index (κ3) is 1.77. The molecule has 1 aliphatic heterocycles. The van der Waals surface area contributed by atoms with E-state index in [9.17, 15) is 8.78 Å². The molecule has 1 aromatic carbocycles. The number of ether oxygens (including phenoxy) is 1. The summed E-state index contributed by atoms with van der Waals surface area (Å²) in [5, 5.41) is 7.58. The first kappa shape index (κ1) is 12.0. The molecule has 0 unspecified atom stereocenters. The molecule has 5 nitrogen and oxygen atoms in total. The zero-order valence-corrected chi connectivity index (χ0v) is 10.2. The molecule has 2 N–H and O–H groups in total. The summed E-state index contributed by atoms with van der Waals surface area (Å²) in [6.07, 6.45) is 1.51. The molecule has 1 aromatic heterocycles. The van der Waals surface area contributed by atoms with Gasteiger partial charge in [-0.1, -0.05) is 0 Å². The van der Waals surface area contributed by atoms with Crippen molar-refractivity contribution in [1.82, 2.24) is 14.8 Å². The maximum absolute atomic E-state index is 14.0. The Morgan fingerprint density at radius 3 is 2.63 bits per heavy atom. The van der Waals surface area contributed by atoms with Gasteiger partial charge in [-0.25, -0.2) is 8.78 Å². The monoisotopic (exact) mass is 266 g/mol. The van der Waals surface area contributed by atoms with E-state index in [0.717, 1.165) is 12.1 Å². The molecule has 100 valence electrons. The minimum absolute atomic E-state index is 0.0289. The van der Waals surface area contributed by atoms with Crippen LogP contribution in [0.2, 0.25) is 0 Å². The number of hydrogen-bond acceptors (Lipinski definition) is 4. The first-order valence-corrected chi connectivity index (χ1v) is 5.78. The van der Waals surface area contributed by atoms with Gasteiger partial charge in [-0.15, -0.1) is 10.2 Å². The molecule has 0 amide bonds. The van der Waals surface area contributed by atoms with E-state index in [1.807, 2.05) is 0 Å². The van der Waals surface area contributed by atoms with Crippen LogP contribution < -0.4 is 10.5 Å². The number of nitrogens with zero attached hydrogens (tertiary/aromatic N) is 3. The normalized spacial score (nSPS) is 21.5. The lowest BCUT2D eigenvalue weighted by Crippen LogP contribution is -2.18. The lowest BCUT2D eigenvalue weighted by molar-refractivity contribution is 0.401. The summed E-state index contributed by atoms with van der Waals surface area (Å²) in [6, 6.07) is 1.74. The molecule has 1 aliphatic rings. The van der Waals surface area contributed by atoms with Crippen LogP contribution in [-0.4, -0.2) is 21.9 Å². The van der Waals surface area contributed by atoms with Crippen molar-refractivity contribution in [2.75, 3.05) is 7.11 Å². The Bertz CT molecular complexity index is 605. The minimum atomic E-state index is -0.656. The molecule has 19 heavy (non-hydrogen) atoms. The quantitative estimate of drug-likeness (QED) is 0.891. The van der Waals surface area contributed by atoms with Gasteiger partial charge in [-0.2, -0.15) is 0 Å². The van der Waals surface area contributed by atoms with E-state index >= 15 is 0 Å². The second-order valence-electron chi connectivity index (χ2n) is 4.48. The number of rotatable bonds is 2. The number of halogens is 2. The third-order valence-corrected chi connectivity index (χ3v) is 3.43. The van der Waals surface area contributed by atoms with Crippen LogP contribution in [0.25, 0.3) is 0 Å². The summed E-state index contributed by atoms with van der Waals surface area (Å²) in [6.45, 7) is 0.365. The van der Waals surface area contributed by atoms with Crippen molar-refractivity contribution < 1.29 is 13.5 Å². The van der Waals surface area contributed by atoms with Crippen LogP contribution in [0.15, 0.2) is 18.5 Å².